The number of sulfonamides is 1. The SMILES string of the molecule is COc1cc(C)c2c(c1)C=CN(CCOCC(=O)N(C)Cc1ccc(C(=O)NN)cc1)S2(=O)=O. The second-order valence-corrected chi connectivity index (χ2v) is 9.59. The smallest absolute Gasteiger partial charge is 0.265 e. The quantitative estimate of drug-likeness (QED) is 0.235. The molecule has 1 aliphatic rings. The molecule has 0 aromatic heterocycles. The number of hydrogen-bond donors (Lipinski definition) is 2. The van der Waals surface area contributed by atoms with Gasteiger partial charge >= 0.3 is 0 Å². The molecule has 34 heavy (non-hydrogen) atoms. The summed E-state index contributed by atoms with van der Waals surface area (Å²) in [4.78, 5) is 25.6. The van der Waals surface area contributed by atoms with E-state index in [0.717, 1.165) is 5.56 Å². The minimum Gasteiger partial charge on any atom is -0.497 e. The normalized spacial score (nSPS) is 13.8. The molecular weight excluding hydrogens is 460 g/mol. The lowest BCUT2D eigenvalue weighted by Gasteiger charge is -2.26. The number of rotatable bonds is 9. The number of fused-ring (bicyclic) bond motifs is 1. The van der Waals surface area contributed by atoms with Crippen LogP contribution in [0.3, 0.4) is 0 Å². The third kappa shape index (κ3) is 5.56. The summed E-state index contributed by atoms with van der Waals surface area (Å²) < 4.78 is 37.9. The summed E-state index contributed by atoms with van der Waals surface area (Å²) in [5.74, 6) is 5.05. The number of carbonyl (C=O) groups excluding carboxylic acids is 2. The molecule has 11 heteroatoms. The zero-order chi connectivity index (χ0) is 24.9. The van der Waals surface area contributed by atoms with Crippen molar-refractivity contribution in [3.8, 4) is 5.75 Å². The zero-order valence-corrected chi connectivity index (χ0v) is 20.1. The topological polar surface area (TPSA) is 131 Å². The number of hydrazine groups is 1. The number of ether oxygens (including phenoxy) is 2. The van der Waals surface area contributed by atoms with Gasteiger partial charge in [0.15, 0.2) is 0 Å². The summed E-state index contributed by atoms with van der Waals surface area (Å²) in [6, 6.07) is 10.1. The van der Waals surface area contributed by atoms with Crippen molar-refractivity contribution in [3.63, 3.8) is 0 Å². The number of methoxy groups -OCH3 is 1. The van der Waals surface area contributed by atoms with Crippen molar-refractivity contribution >= 4 is 27.9 Å². The molecule has 0 saturated heterocycles. The van der Waals surface area contributed by atoms with Crippen molar-refractivity contribution in [3.05, 3.63) is 64.9 Å². The van der Waals surface area contributed by atoms with Crippen LogP contribution in [-0.2, 0) is 26.1 Å². The van der Waals surface area contributed by atoms with Gasteiger partial charge in [-0.1, -0.05) is 12.1 Å². The molecule has 0 bridgehead atoms. The lowest BCUT2D eigenvalue weighted by Crippen LogP contribution is -2.34. The van der Waals surface area contributed by atoms with Gasteiger partial charge in [0.2, 0.25) is 5.91 Å². The minimum atomic E-state index is -3.73. The monoisotopic (exact) mass is 488 g/mol. The molecule has 2 aromatic carbocycles. The van der Waals surface area contributed by atoms with Gasteiger partial charge in [0.05, 0.1) is 25.2 Å². The molecule has 1 heterocycles. The van der Waals surface area contributed by atoms with Crippen LogP contribution in [0.15, 0.2) is 47.5 Å². The number of nitrogen functional groups attached to an aromatic ring is 1. The maximum atomic E-state index is 13.0. The summed E-state index contributed by atoms with van der Waals surface area (Å²) in [5.41, 5.74) is 4.48. The Labute approximate surface area is 198 Å². The van der Waals surface area contributed by atoms with Crippen LogP contribution in [0.5, 0.6) is 5.75 Å². The van der Waals surface area contributed by atoms with Gasteiger partial charge in [-0.2, -0.15) is 0 Å². The van der Waals surface area contributed by atoms with Crippen LogP contribution in [0, 0.1) is 6.92 Å². The Morgan fingerprint density at radius 1 is 1.18 bits per heavy atom. The fourth-order valence-corrected chi connectivity index (χ4v) is 5.21. The summed E-state index contributed by atoms with van der Waals surface area (Å²) in [6.07, 6.45) is 3.20. The first-order valence-corrected chi connectivity index (χ1v) is 11.9. The van der Waals surface area contributed by atoms with Crippen LogP contribution in [-0.4, -0.2) is 63.4 Å². The lowest BCUT2D eigenvalue weighted by molar-refractivity contribution is -0.135. The van der Waals surface area contributed by atoms with Crippen molar-refractivity contribution in [2.75, 3.05) is 33.9 Å². The van der Waals surface area contributed by atoms with E-state index in [1.807, 2.05) is 0 Å². The zero-order valence-electron chi connectivity index (χ0n) is 19.3. The summed E-state index contributed by atoms with van der Waals surface area (Å²) in [5, 5.41) is 0. The number of likely N-dealkylation sites (N-methyl/N-ethyl adjacent to an activating group) is 1. The Bertz CT molecular complexity index is 1190. The number of aryl methyl sites for hydroxylation is 1. The Balaban J connectivity index is 1.50. The van der Waals surface area contributed by atoms with Gasteiger partial charge in [-0.3, -0.25) is 19.3 Å². The largest absolute Gasteiger partial charge is 0.497 e. The van der Waals surface area contributed by atoms with Gasteiger partial charge < -0.3 is 14.4 Å². The predicted octanol–water partition coefficient (Wildman–Crippen LogP) is 1.26. The minimum absolute atomic E-state index is 0.0522. The first-order valence-electron chi connectivity index (χ1n) is 10.5. The van der Waals surface area contributed by atoms with E-state index in [0.29, 0.717) is 29.0 Å². The van der Waals surface area contributed by atoms with Gasteiger partial charge in [0.25, 0.3) is 15.9 Å². The summed E-state index contributed by atoms with van der Waals surface area (Å²) in [7, 11) is -0.560. The van der Waals surface area contributed by atoms with E-state index in [9.17, 15) is 18.0 Å². The van der Waals surface area contributed by atoms with Gasteiger partial charge in [-0.25, -0.2) is 14.3 Å². The fourth-order valence-electron chi connectivity index (χ4n) is 3.55. The molecule has 182 valence electrons. The second-order valence-electron chi connectivity index (χ2n) is 7.77. The first-order chi connectivity index (χ1) is 16.2. The number of nitrogens with one attached hydrogen (secondary N) is 1. The van der Waals surface area contributed by atoms with E-state index >= 15 is 0 Å². The van der Waals surface area contributed by atoms with Crippen LogP contribution >= 0.6 is 0 Å². The van der Waals surface area contributed by atoms with Gasteiger partial charge in [0, 0.05) is 30.9 Å². The molecule has 3 rings (SSSR count). The molecule has 0 fully saturated rings. The van der Waals surface area contributed by atoms with Gasteiger partial charge in [-0.05, 0) is 48.4 Å². The van der Waals surface area contributed by atoms with E-state index in [1.54, 1.807) is 56.4 Å². The molecule has 0 unspecified atom stereocenters. The van der Waals surface area contributed by atoms with Crippen LogP contribution in [0.25, 0.3) is 6.08 Å². The molecule has 10 nitrogen and oxygen atoms in total. The van der Waals surface area contributed by atoms with E-state index in [-0.39, 0.29) is 30.6 Å². The maximum absolute atomic E-state index is 13.0. The van der Waals surface area contributed by atoms with Crippen molar-refractivity contribution in [1.82, 2.24) is 14.6 Å². The number of nitrogens with zero attached hydrogens (tertiary/aromatic N) is 2. The van der Waals surface area contributed by atoms with Crippen molar-refractivity contribution in [2.24, 2.45) is 5.84 Å². The molecule has 2 aromatic rings. The van der Waals surface area contributed by atoms with Crippen molar-refractivity contribution < 1.29 is 27.5 Å². The number of carbonyl (C=O) groups is 2. The van der Waals surface area contributed by atoms with Gasteiger partial charge in [-0.15, -0.1) is 0 Å². The van der Waals surface area contributed by atoms with Crippen LogP contribution < -0.4 is 16.0 Å². The average molecular weight is 489 g/mol. The third-order valence-corrected chi connectivity index (χ3v) is 7.37. The van der Waals surface area contributed by atoms with Crippen LogP contribution in [0.4, 0.5) is 0 Å². The Morgan fingerprint density at radius 2 is 1.88 bits per heavy atom. The molecule has 0 saturated carbocycles. The van der Waals surface area contributed by atoms with E-state index < -0.39 is 15.9 Å². The number of nitrogens with two attached hydrogens (primary N) is 1. The molecule has 0 radical (unpaired) electrons. The molecule has 3 N–H and O–H groups in total. The lowest BCUT2D eigenvalue weighted by atomic mass is 10.1. The highest BCUT2D eigenvalue weighted by molar-refractivity contribution is 7.89. The molecular formula is C23H28N4O6S. The van der Waals surface area contributed by atoms with Crippen LogP contribution in [0.2, 0.25) is 0 Å². The molecule has 0 aliphatic carbocycles. The van der Waals surface area contributed by atoms with E-state index in [4.69, 9.17) is 15.3 Å². The Morgan fingerprint density at radius 3 is 2.53 bits per heavy atom. The molecule has 0 spiro atoms. The first kappa shape index (κ1) is 25.2. The summed E-state index contributed by atoms with van der Waals surface area (Å²) in [6.45, 7) is 1.99. The van der Waals surface area contributed by atoms with E-state index in [1.165, 1.54) is 22.5 Å². The number of hydrogen-bond acceptors (Lipinski definition) is 7. The predicted molar refractivity (Wildman–Crippen MR) is 126 cm³/mol. The highest BCUT2D eigenvalue weighted by Gasteiger charge is 2.29. The third-order valence-electron chi connectivity index (χ3n) is 5.37. The Hall–Kier alpha value is -3.41. The van der Waals surface area contributed by atoms with Crippen molar-refractivity contribution in [2.45, 2.75) is 18.4 Å². The molecule has 2 amide bonds. The highest BCUT2D eigenvalue weighted by Crippen LogP contribution is 2.33. The number of amides is 2. The molecule has 0 atom stereocenters. The molecule has 1 aliphatic heterocycles. The maximum Gasteiger partial charge on any atom is 0.265 e. The average Bonchev–Trinajstić information content (AvgIpc) is 2.82. The standard InChI is InChI=1S/C23H28N4O6S/c1-16-12-20(32-3)13-19-8-9-27(34(30,31)22(16)19)10-11-33-15-21(28)26(2)14-17-4-6-18(7-5-17)23(29)25-24/h4-9,12-13H,10-11,14-15,24H2,1-3H3,(H,25,29). The fraction of sp³-hybridized carbons (Fsp3) is 0.304. The number of benzene rings is 2. The second kappa shape index (κ2) is 10.7. The summed E-state index contributed by atoms with van der Waals surface area (Å²) >= 11 is 0. The Kier molecular flexibility index (Phi) is 7.92. The van der Waals surface area contributed by atoms with E-state index in [2.05, 4.69) is 5.43 Å². The highest BCUT2D eigenvalue weighted by atomic mass is 32.2. The van der Waals surface area contributed by atoms with Crippen LogP contribution in [0.1, 0.15) is 27.0 Å². The van der Waals surface area contributed by atoms with Crippen molar-refractivity contribution in [1.29, 1.82) is 0 Å². The van der Waals surface area contributed by atoms with Gasteiger partial charge in [0.1, 0.15) is 12.4 Å².